The Morgan fingerprint density at radius 1 is 1.29 bits per heavy atom. The quantitative estimate of drug-likeness (QED) is 0.562. The van der Waals surface area contributed by atoms with E-state index in [-0.39, 0.29) is 23.6 Å². The number of benzene rings is 2. The summed E-state index contributed by atoms with van der Waals surface area (Å²) >= 11 is 5.89. The molecular formula is C22H20ClFN4O3. The summed E-state index contributed by atoms with van der Waals surface area (Å²) in [6.45, 7) is 0.269. The predicted molar refractivity (Wildman–Crippen MR) is 112 cm³/mol. The van der Waals surface area contributed by atoms with Crippen LogP contribution >= 0.6 is 11.6 Å². The number of nitrogens with zero attached hydrogens (tertiary/aromatic N) is 2. The van der Waals surface area contributed by atoms with Crippen LogP contribution in [0.5, 0.6) is 0 Å². The van der Waals surface area contributed by atoms with E-state index >= 15 is 0 Å². The normalized spacial score (nSPS) is 16.5. The van der Waals surface area contributed by atoms with Crippen LogP contribution in [0.15, 0.2) is 54.9 Å². The summed E-state index contributed by atoms with van der Waals surface area (Å²) < 4.78 is 14.8. The van der Waals surface area contributed by atoms with Crippen LogP contribution in [0.1, 0.15) is 28.6 Å². The van der Waals surface area contributed by atoms with E-state index in [0.29, 0.717) is 12.1 Å². The number of aromatic amines is 1. The molecule has 7 nitrogen and oxygen atoms in total. The number of hydrogen-bond acceptors (Lipinski definition) is 3. The molecule has 1 unspecified atom stereocenters. The minimum Gasteiger partial charge on any atom is -0.480 e. The second kappa shape index (κ2) is 8.77. The van der Waals surface area contributed by atoms with Crippen molar-refractivity contribution in [3.63, 3.8) is 0 Å². The number of nitrogens with one attached hydrogen (secondary N) is 2. The molecule has 0 bridgehead atoms. The van der Waals surface area contributed by atoms with Gasteiger partial charge in [-0.2, -0.15) is 0 Å². The van der Waals surface area contributed by atoms with Crippen molar-refractivity contribution in [1.29, 1.82) is 0 Å². The molecule has 0 saturated carbocycles. The van der Waals surface area contributed by atoms with Gasteiger partial charge in [0.2, 0.25) is 0 Å². The molecule has 1 aliphatic rings. The van der Waals surface area contributed by atoms with Gasteiger partial charge in [0.25, 0.3) is 0 Å². The van der Waals surface area contributed by atoms with E-state index in [1.54, 1.807) is 30.3 Å². The number of carbonyl (C=O) groups is 2. The average Bonchev–Trinajstić information content (AvgIpc) is 3.22. The third-order valence-electron chi connectivity index (χ3n) is 5.32. The first kappa shape index (κ1) is 20.9. The maximum absolute atomic E-state index is 14.8. The molecule has 0 spiro atoms. The number of halogens is 2. The van der Waals surface area contributed by atoms with E-state index in [1.807, 2.05) is 6.07 Å². The second-order valence-corrected chi connectivity index (χ2v) is 7.74. The van der Waals surface area contributed by atoms with Crippen LogP contribution in [-0.4, -0.2) is 44.6 Å². The van der Waals surface area contributed by atoms with Crippen molar-refractivity contribution in [2.75, 3.05) is 6.54 Å². The summed E-state index contributed by atoms with van der Waals surface area (Å²) in [7, 11) is 0. The van der Waals surface area contributed by atoms with Gasteiger partial charge < -0.3 is 20.3 Å². The summed E-state index contributed by atoms with van der Waals surface area (Å²) in [5.74, 6) is -1.71. The Morgan fingerprint density at radius 3 is 2.77 bits per heavy atom. The molecule has 0 aliphatic carbocycles. The lowest BCUT2D eigenvalue weighted by atomic mass is 9.95. The number of carbonyl (C=O) groups excluding carboxylic acids is 1. The molecule has 9 heteroatoms. The maximum atomic E-state index is 14.8. The van der Waals surface area contributed by atoms with Gasteiger partial charge in [0, 0.05) is 35.7 Å². The van der Waals surface area contributed by atoms with Crippen molar-refractivity contribution < 1.29 is 19.1 Å². The number of imidazole rings is 1. The number of aromatic nitrogens is 2. The number of aliphatic carboxylic acids is 1. The van der Waals surface area contributed by atoms with Crippen LogP contribution in [0, 0.1) is 5.82 Å². The van der Waals surface area contributed by atoms with Crippen LogP contribution in [0.2, 0.25) is 5.02 Å². The third kappa shape index (κ3) is 4.39. The zero-order chi connectivity index (χ0) is 22.0. The lowest BCUT2D eigenvalue weighted by Gasteiger charge is -2.36. The van der Waals surface area contributed by atoms with Gasteiger partial charge in [-0.3, -0.25) is 0 Å². The van der Waals surface area contributed by atoms with Gasteiger partial charge in [-0.15, -0.1) is 0 Å². The molecule has 2 amide bonds. The van der Waals surface area contributed by atoms with Gasteiger partial charge in [0.15, 0.2) is 0 Å². The van der Waals surface area contributed by atoms with Gasteiger partial charge in [-0.05, 0) is 17.7 Å². The molecule has 0 fully saturated rings. The predicted octanol–water partition coefficient (Wildman–Crippen LogP) is 3.56. The smallest absolute Gasteiger partial charge is 0.326 e. The van der Waals surface area contributed by atoms with Crippen LogP contribution in [0.25, 0.3) is 0 Å². The molecule has 1 aliphatic heterocycles. The Bertz CT molecular complexity index is 1110. The van der Waals surface area contributed by atoms with Gasteiger partial charge >= 0.3 is 12.0 Å². The Hall–Kier alpha value is -3.39. The zero-order valence-corrected chi connectivity index (χ0v) is 17.1. The number of fused-ring (bicyclic) bond motifs is 1. The minimum atomic E-state index is -1.15. The number of carboxylic acid groups (broad SMARTS) is 1. The standard InChI is InChI=1S/C22H20ClFN4O3/c23-14-6-7-15(16(24)11-14)20-19-17(25-12-26-19)8-9-28(20)22(31)27-18(21(29)30)10-13-4-2-1-3-5-13/h1-7,11-12,18,20H,8-10H2,(H,25,26)(H,27,31)(H,29,30)/t18-,20?/m1/s1. The summed E-state index contributed by atoms with van der Waals surface area (Å²) in [4.78, 5) is 33.7. The number of H-pyrrole nitrogens is 1. The first-order valence-electron chi connectivity index (χ1n) is 9.75. The van der Waals surface area contributed by atoms with Gasteiger partial charge in [0.1, 0.15) is 17.9 Å². The van der Waals surface area contributed by atoms with E-state index in [0.717, 1.165) is 11.3 Å². The van der Waals surface area contributed by atoms with Gasteiger partial charge in [-0.1, -0.05) is 48.0 Å². The lowest BCUT2D eigenvalue weighted by Crippen LogP contribution is -2.52. The van der Waals surface area contributed by atoms with Crippen LogP contribution in [-0.2, 0) is 17.6 Å². The molecule has 2 atom stereocenters. The Kier molecular flexibility index (Phi) is 5.90. The minimum absolute atomic E-state index is 0.128. The number of urea groups is 1. The molecule has 0 saturated heterocycles. The molecule has 2 heterocycles. The molecule has 160 valence electrons. The van der Waals surface area contributed by atoms with Crippen molar-refractivity contribution in [3.8, 4) is 0 Å². The highest BCUT2D eigenvalue weighted by molar-refractivity contribution is 6.30. The van der Waals surface area contributed by atoms with Crippen molar-refractivity contribution in [1.82, 2.24) is 20.2 Å². The van der Waals surface area contributed by atoms with E-state index in [2.05, 4.69) is 15.3 Å². The molecule has 3 aromatic rings. The van der Waals surface area contributed by atoms with Gasteiger partial charge in [0.05, 0.1) is 12.0 Å². The number of rotatable bonds is 5. The Labute approximate surface area is 182 Å². The van der Waals surface area contributed by atoms with E-state index in [1.165, 1.54) is 23.4 Å². The SMILES string of the molecule is O=C(O)[C@@H](Cc1ccccc1)NC(=O)N1CCc2[nH]cnc2C1c1ccc(Cl)cc1F. The lowest BCUT2D eigenvalue weighted by molar-refractivity contribution is -0.139. The fraction of sp³-hybridized carbons (Fsp3) is 0.227. The first-order valence-corrected chi connectivity index (χ1v) is 10.1. The van der Waals surface area contributed by atoms with Gasteiger partial charge in [-0.25, -0.2) is 19.0 Å². The summed E-state index contributed by atoms with van der Waals surface area (Å²) in [6.07, 6.45) is 2.12. The molecule has 1 aromatic heterocycles. The molecule has 2 aromatic carbocycles. The highest BCUT2D eigenvalue weighted by Crippen LogP contribution is 2.35. The molecular weight excluding hydrogens is 423 g/mol. The first-order chi connectivity index (χ1) is 14.9. The average molecular weight is 443 g/mol. The summed E-state index contributed by atoms with van der Waals surface area (Å²) in [6, 6.07) is 10.7. The second-order valence-electron chi connectivity index (χ2n) is 7.31. The monoisotopic (exact) mass is 442 g/mol. The molecule has 3 N–H and O–H groups in total. The van der Waals surface area contributed by atoms with Crippen molar-refractivity contribution in [2.24, 2.45) is 0 Å². The Balaban J connectivity index is 1.63. The van der Waals surface area contributed by atoms with E-state index < -0.39 is 29.9 Å². The molecule has 4 rings (SSSR count). The van der Waals surface area contributed by atoms with Crippen LogP contribution < -0.4 is 5.32 Å². The maximum Gasteiger partial charge on any atom is 0.326 e. The topological polar surface area (TPSA) is 98.3 Å². The van der Waals surface area contributed by atoms with Crippen molar-refractivity contribution in [2.45, 2.75) is 24.9 Å². The van der Waals surface area contributed by atoms with E-state index in [4.69, 9.17) is 11.6 Å². The van der Waals surface area contributed by atoms with Crippen molar-refractivity contribution in [3.05, 3.63) is 88.2 Å². The fourth-order valence-electron chi connectivity index (χ4n) is 3.82. The van der Waals surface area contributed by atoms with Crippen LogP contribution in [0.4, 0.5) is 9.18 Å². The third-order valence-corrected chi connectivity index (χ3v) is 5.56. The summed E-state index contributed by atoms with van der Waals surface area (Å²) in [5, 5.41) is 12.5. The van der Waals surface area contributed by atoms with E-state index in [9.17, 15) is 19.1 Å². The summed E-state index contributed by atoms with van der Waals surface area (Å²) in [5.41, 5.74) is 2.35. The largest absolute Gasteiger partial charge is 0.480 e. The zero-order valence-electron chi connectivity index (χ0n) is 16.4. The van der Waals surface area contributed by atoms with Crippen molar-refractivity contribution >= 4 is 23.6 Å². The number of carboxylic acids is 1. The Morgan fingerprint density at radius 2 is 2.06 bits per heavy atom. The highest BCUT2D eigenvalue weighted by Gasteiger charge is 2.37. The molecule has 31 heavy (non-hydrogen) atoms. The fourth-order valence-corrected chi connectivity index (χ4v) is 3.97. The van der Waals surface area contributed by atoms with Crippen LogP contribution in [0.3, 0.4) is 0 Å². The molecule has 0 radical (unpaired) electrons. The highest BCUT2D eigenvalue weighted by atomic mass is 35.5. The number of amides is 2. The number of hydrogen-bond donors (Lipinski definition) is 3.